The highest BCUT2D eigenvalue weighted by atomic mass is 19.4. The predicted octanol–water partition coefficient (Wildman–Crippen LogP) is 4.20. The lowest BCUT2D eigenvalue weighted by atomic mass is 9.81. The minimum absolute atomic E-state index is 0.302. The summed E-state index contributed by atoms with van der Waals surface area (Å²) < 4.78 is 68.1. The molecule has 3 aromatic rings. The topological polar surface area (TPSA) is 52.3 Å². The molecule has 0 saturated heterocycles. The van der Waals surface area contributed by atoms with Crippen LogP contribution in [-0.2, 0) is 0 Å². The molecule has 0 unspecified atom stereocenters. The van der Waals surface area contributed by atoms with E-state index in [2.05, 4.69) is 20.0 Å². The first-order chi connectivity index (χ1) is 12.2. The summed E-state index contributed by atoms with van der Waals surface area (Å²) >= 11 is 0. The molecule has 0 spiro atoms. The standard InChI is InChI=1S/C16H11F5N4O/c17-15(18)7-10(8-15)14-23-22-13-6-5-12(24-25(13)14)9-1-3-11(4-2-9)26-16(19,20)21/h1-6,10H,7-8H2. The Bertz CT molecular complexity index is 943. The highest BCUT2D eigenvalue weighted by Gasteiger charge is 2.48. The molecule has 0 aliphatic heterocycles. The smallest absolute Gasteiger partial charge is 0.406 e. The van der Waals surface area contributed by atoms with Crippen molar-refractivity contribution in [3.8, 4) is 17.0 Å². The van der Waals surface area contributed by atoms with Crippen molar-refractivity contribution in [1.29, 1.82) is 0 Å². The SMILES string of the molecule is FC1(F)CC(c2nnc3ccc(-c4ccc(OC(F)(F)F)cc4)nn23)C1. The van der Waals surface area contributed by atoms with Gasteiger partial charge in [-0.25, -0.2) is 8.78 Å². The maximum atomic E-state index is 13.1. The van der Waals surface area contributed by atoms with Gasteiger partial charge >= 0.3 is 6.36 Å². The first-order valence-electron chi connectivity index (χ1n) is 7.67. The van der Waals surface area contributed by atoms with Gasteiger partial charge in [-0.3, -0.25) is 0 Å². The minimum atomic E-state index is -4.76. The van der Waals surface area contributed by atoms with Gasteiger partial charge in [-0.1, -0.05) is 0 Å². The van der Waals surface area contributed by atoms with E-state index in [1.165, 1.54) is 28.8 Å². The lowest BCUT2D eigenvalue weighted by Crippen LogP contribution is -2.34. The highest BCUT2D eigenvalue weighted by molar-refractivity contribution is 5.61. The summed E-state index contributed by atoms with van der Waals surface area (Å²) in [4.78, 5) is 0. The molecule has 136 valence electrons. The van der Waals surface area contributed by atoms with Crippen molar-refractivity contribution in [2.75, 3.05) is 0 Å². The second-order valence-corrected chi connectivity index (χ2v) is 6.08. The predicted molar refractivity (Wildman–Crippen MR) is 79.8 cm³/mol. The Morgan fingerprint density at radius 2 is 1.69 bits per heavy atom. The molecule has 1 fully saturated rings. The van der Waals surface area contributed by atoms with Crippen molar-refractivity contribution in [3.63, 3.8) is 0 Å². The Morgan fingerprint density at radius 1 is 1.00 bits per heavy atom. The number of nitrogens with zero attached hydrogens (tertiary/aromatic N) is 4. The second-order valence-electron chi connectivity index (χ2n) is 6.08. The van der Waals surface area contributed by atoms with Crippen molar-refractivity contribution in [3.05, 3.63) is 42.2 Å². The van der Waals surface area contributed by atoms with Crippen LogP contribution in [0.5, 0.6) is 5.75 Å². The highest BCUT2D eigenvalue weighted by Crippen LogP contribution is 2.47. The third-order valence-electron chi connectivity index (χ3n) is 4.13. The van der Waals surface area contributed by atoms with E-state index in [0.29, 0.717) is 22.7 Å². The van der Waals surface area contributed by atoms with E-state index in [0.717, 1.165) is 0 Å². The van der Waals surface area contributed by atoms with Crippen molar-refractivity contribution in [1.82, 2.24) is 19.8 Å². The third-order valence-corrected chi connectivity index (χ3v) is 4.13. The van der Waals surface area contributed by atoms with E-state index in [-0.39, 0.29) is 18.6 Å². The van der Waals surface area contributed by atoms with E-state index < -0.39 is 18.2 Å². The molecule has 0 amide bonds. The Morgan fingerprint density at radius 3 is 2.31 bits per heavy atom. The van der Waals surface area contributed by atoms with Gasteiger partial charge in [0, 0.05) is 24.3 Å². The zero-order valence-electron chi connectivity index (χ0n) is 13.0. The van der Waals surface area contributed by atoms with Crippen LogP contribution in [-0.4, -0.2) is 32.1 Å². The molecular weight excluding hydrogens is 359 g/mol. The van der Waals surface area contributed by atoms with Gasteiger partial charge in [0.1, 0.15) is 5.75 Å². The number of hydrogen-bond acceptors (Lipinski definition) is 4. The Labute approximate surface area is 143 Å². The van der Waals surface area contributed by atoms with Crippen molar-refractivity contribution in [2.45, 2.75) is 31.0 Å². The Hall–Kier alpha value is -2.78. The van der Waals surface area contributed by atoms with Crippen LogP contribution in [0.1, 0.15) is 24.6 Å². The zero-order valence-corrected chi connectivity index (χ0v) is 13.0. The van der Waals surface area contributed by atoms with Gasteiger partial charge in [0.15, 0.2) is 11.5 Å². The minimum Gasteiger partial charge on any atom is -0.406 e. The van der Waals surface area contributed by atoms with Crippen LogP contribution < -0.4 is 4.74 Å². The third kappa shape index (κ3) is 3.18. The van der Waals surface area contributed by atoms with Gasteiger partial charge in [-0.2, -0.15) is 9.61 Å². The molecule has 0 bridgehead atoms. The van der Waals surface area contributed by atoms with Gasteiger partial charge in [-0.05, 0) is 36.4 Å². The number of rotatable bonds is 3. The van der Waals surface area contributed by atoms with Crippen LogP contribution in [0.3, 0.4) is 0 Å². The number of aromatic nitrogens is 4. The first kappa shape index (κ1) is 16.7. The van der Waals surface area contributed by atoms with E-state index in [1.54, 1.807) is 12.1 Å². The van der Waals surface area contributed by atoms with E-state index in [9.17, 15) is 22.0 Å². The molecule has 0 N–H and O–H groups in total. The molecule has 1 aliphatic rings. The van der Waals surface area contributed by atoms with Crippen LogP contribution in [0, 0.1) is 0 Å². The molecule has 5 nitrogen and oxygen atoms in total. The number of hydrogen-bond donors (Lipinski definition) is 0. The summed E-state index contributed by atoms with van der Waals surface area (Å²) in [5.74, 6) is -3.11. The second kappa shape index (κ2) is 5.61. The summed E-state index contributed by atoms with van der Waals surface area (Å²) in [5, 5.41) is 12.2. The van der Waals surface area contributed by atoms with Crippen molar-refractivity contribution < 1.29 is 26.7 Å². The van der Waals surface area contributed by atoms with Gasteiger partial charge in [0.2, 0.25) is 5.92 Å². The van der Waals surface area contributed by atoms with Crippen molar-refractivity contribution in [2.24, 2.45) is 0 Å². The molecule has 4 rings (SSSR count). The van der Waals surface area contributed by atoms with Crippen LogP contribution >= 0.6 is 0 Å². The summed E-state index contributed by atoms with van der Waals surface area (Å²) in [6, 6.07) is 8.45. The van der Waals surface area contributed by atoms with Crippen LogP contribution in [0.15, 0.2) is 36.4 Å². The fraction of sp³-hybridized carbons (Fsp3) is 0.312. The van der Waals surface area contributed by atoms with E-state index in [4.69, 9.17) is 0 Å². The van der Waals surface area contributed by atoms with Crippen LogP contribution in [0.2, 0.25) is 0 Å². The summed E-state index contributed by atoms with van der Waals surface area (Å²) in [6.45, 7) is 0. The lowest BCUT2D eigenvalue weighted by Gasteiger charge is -2.33. The molecule has 1 aliphatic carbocycles. The maximum Gasteiger partial charge on any atom is 0.573 e. The van der Waals surface area contributed by atoms with Crippen LogP contribution in [0.25, 0.3) is 16.9 Å². The number of alkyl halides is 5. The van der Waals surface area contributed by atoms with Gasteiger partial charge in [0.25, 0.3) is 0 Å². The fourth-order valence-electron chi connectivity index (χ4n) is 2.89. The maximum absolute atomic E-state index is 13.1. The summed E-state index contributed by atoms with van der Waals surface area (Å²) in [5.41, 5.74) is 1.40. The first-order valence-corrected chi connectivity index (χ1v) is 7.67. The average molecular weight is 370 g/mol. The Balaban J connectivity index is 1.63. The van der Waals surface area contributed by atoms with Crippen molar-refractivity contribution >= 4 is 5.65 Å². The van der Waals surface area contributed by atoms with Gasteiger partial charge in [-0.15, -0.1) is 23.4 Å². The number of benzene rings is 1. The summed E-state index contributed by atoms with van der Waals surface area (Å²) in [7, 11) is 0. The molecular formula is C16H11F5N4O. The molecule has 1 aromatic carbocycles. The van der Waals surface area contributed by atoms with Crippen LogP contribution in [0.4, 0.5) is 22.0 Å². The molecule has 0 atom stereocenters. The number of ether oxygens (including phenoxy) is 1. The van der Waals surface area contributed by atoms with E-state index >= 15 is 0 Å². The zero-order chi connectivity index (χ0) is 18.5. The summed E-state index contributed by atoms with van der Waals surface area (Å²) in [6.07, 6.45) is -5.37. The van der Waals surface area contributed by atoms with Gasteiger partial charge < -0.3 is 4.74 Å². The number of fused-ring (bicyclic) bond motifs is 1. The molecule has 26 heavy (non-hydrogen) atoms. The molecule has 1 saturated carbocycles. The largest absolute Gasteiger partial charge is 0.573 e. The monoisotopic (exact) mass is 370 g/mol. The molecule has 2 heterocycles. The molecule has 0 radical (unpaired) electrons. The van der Waals surface area contributed by atoms with E-state index in [1.807, 2.05) is 0 Å². The average Bonchev–Trinajstić information content (AvgIpc) is 2.94. The molecule has 10 heteroatoms. The Kier molecular flexibility index (Phi) is 3.60. The van der Waals surface area contributed by atoms with Gasteiger partial charge in [0.05, 0.1) is 5.69 Å². The molecule has 2 aromatic heterocycles. The normalized spacial score (nSPS) is 17.3. The quantitative estimate of drug-likeness (QED) is 0.649. The number of halogens is 5. The lowest BCUT2D eigenvalue weighted by molar-refractivity contribution is -0.274. The fourth-order valence-corrected chi connectivity index (χ4v) is 2.89.